The number of nitrogens with one attached hydrogen (secondary N) is 1. The summed E-state index contributed by atoms with van der Waals surface area (Å²) in [6, 6.07) is 4.60. The maximum absolute atomic E-state index is 12.6. The third kappa shape index (κ3) is 4.04. The van der Waals surface area contributed by atoms with Gasteiger partial charge in [-0.05, 0) is 25.5 Å². The molecule has 0 heterocycles. The van der Waals surface area contributed by atoms with Gasteiger partial charge in [0, 0.05) is 30.2 Å². The summed E-state index contributed by atoms with van der Waals surface area (Å²) in [5.41, 5.74) is 5.60. The van der Waals surface area contributed by atoms with Gasteiger partial charge in [-0.15, -0.1) is 12.4 Å². The Kier molecular flexibility index (Phi) is 6.78. The maximum atomic E-state index is 12.6. The molecule has 1 fully saturated rings. The van der Waals surface area contributed by atoms with E-state index < -0.39 is 17.6 Å². The van der Waals surface area contributed by atoms with Crippen LogP contribution in [0.15, 0.2) is 18.2 Å². The first-order valence-electron chi connectivity index (χ1n) is 7.89. The van der Waals surface area contributed by atoms with Gasteiger partial charge in [-0.2, -0.15) is 8.78 Å². The Hall–Kier alpha value is -1.44. The van der Waals surface area contributed by atoms with E-state index in [4.69, 9.17) is 10.5 Å². The van der Waals surface area contributed by atoms with E-state index >= 15 is 0 Å². The number of alkyl halides is 2. The zero-order valence-electron chi connectivity index (χ0n) is 14.8. The summed E-state index contributed by atoms with van der Waals surface area (Å²) < 4.78 is 34.9. The average molecular weight is 379 g/mol. The second-order valence-electron chi connectivity index (χ2n) is 6.65. The van der Waals surface area contributed by atoms with Crippen LogP contribution in [0.1, 0.15) is 32.8 Å². The first-order chi connectivity index (χ1) is 11.1. The fourth-order valence-electron chi connectivity index (χ4n) is 2.96. The Morgan fingerprint density at radius 1 is 1.44 bits per heavy atom. The number of amides is 1. The highest BCUT2D eigenvalue weighted by molar-refractivity contribution is 6.00. The number of halogens is 3. The van der Waals surface area contributed by atoms with Crippen LogP contribution in [0.2, 0.25) is 0 Å². The number of anilines is 1. The molecule has 0 aromatic heterocycles. The summed E-state index contributed by atoms with van der Waals surface area (Å²) >= 11 is 0. The van der Waals surface area contributed by atoms with Gasteiger partial charge >= 0.3 is 6.61 Å². The molecular weight excluding hydrogens is 354 g/mol. The lowest BCUT2D eigenvalue weighted by Crippen LogP contribution is -2.74. The maximum Gasteiger partial charge on any atom is 0.387 e. The van der Waals surface area contributed by atoms with Crippen molar-refractivity contribution in [3.8, 4) is 5.75 Å². The van der Waals surface area contributed by atoms with Crippen molar-refractivity contribution in [2.45, 2.75) is 52.4 Å². The average Bonchev–Trinajstić information content (AvgIpc) is 2.49. The van der Waals surface area contributed by atoms with E-state index in [-0.39, 0.29) is 30.2 Å². The fourth-order valence-corrected chi connectivity index (χ4v) is 2.96. The molecule has 1 aromatic carbocycles. The molecule has 2 atom stereocenters. The molecule has 3 N–H and O–H groups in total. The smallest absolute Gasteiger partial charge is 0.387 e. The Balaban J connectivity index is 0.00000312. The lowest BCUT2D eigenvalue weighted by atomic mass is 9.54. The number of benzene rings is 1. The topological polar surface area (TPSA) is 73.6 Å². The second kappa shape index (κ2) is 7.85. The van der Waals surface area contributed by atoms with Crippen molar-refractivity contribution >= 4 is 24.0 Å². The molecule has 0 saturated heterocycles. The number of rotatable bonds is 6. The number of ether oxygens (including phenoxy) is 2. The standard InChI is InChI=1S/C17H24F2N2O3.ClH/c1-5-23-13-9-17(20,16(13,3)4)14(22)21-11-7-6-10(2)12(8-11)24-15(18)19;/h6-8,13,15H,5,9,20H2,1-4H3,(H,21,22);1H. The predicted molar refractivity (Wildman–Crippen MR) is 94.4 cm³/mol. The Labute approximate surface area is 152 Å². The van der Waals surface area contributed by atoms with Crippen molar-refractivity contribution in [3.63, 3.8) is 0 Å². The van der Waals surface area contributed by atoms with Crippen LogP contribution in [0.25, 0.3) is 0 Å². The lowest BCUT2D eigenvalue weighted by Gasteiger charge is -2.57. The monoisotopic (exact) mass is 378 g/mol. The summed E-state index contributed by atoms with van der Waals surface area (Å²) in [4.78, 5) is 12.6. The van der Waals surface area contributed by atoms with Gasteiger partial charge in [0.1, 0.15) is 11.3 Å². The molecule has 1 saturated carbocycles. The van der Waals surface area contributed by atoms with E-state index in [0.29, 0.717) is 24.3 Å². The third-order valence-corrected chi connectivity index (χ3v) is 4.90. The van der Waals surface area contributed by atoms with E-state index in [2.05, 4.69) is 10.1 Å². The molecule has 0 aliphatic heterocycles. The summed E-state index contributed by atoms with van der Waals surface area (Å²) in [7, 11) is 0. The van der Waals surface area contributed by atoms with Crippen molar-refractivity contribution in [3.05, 3.63) is 23.8 Å². The molecule has 1 amide bonds. The van der Waals surface area contributed by atoms with Crippen LogP contribution < -0.4 is 15.8 Å². The lowest BCUT2D eigenvalue weighted by molar-refractivity contribution is -0.166. The van der Waals surface area contributed by atoms with Crippen LogP contribution in [0.4, 0.5) is 14.5 Å². The molecule has 0 bridgehead atoms. The SMILES string of the molecule is CCOC1CC(N)(C(=O)Nc2ccc(C)c(OC(F)F)c2)C1(C)C.Cl. The van der Waals surface area contributed by atoms with Gasteiger partial charge in [-0.1, -0.05) is 19.9 Å². The third-order valence-electron chi connectivity index (χ3n) is 4.90. The quantitative estimate of drug-likeness (QED) is 0.794. The first-order valence-corrected chi connectivity index (χ1v) is 7.89. The largest absolute Gasteiger partial charge is 0.434 e. The van der Waals surface area contributed by atoms with E-state index in [0.717, 1.165) is 0 Å². The molecule has 1 aliphatic rings. The number of hydrogen-bond acceptors (Lipinski definition) is 4. The summed E-state index contributed by atoms with van der Waals surface area (Å²) in [5.74, 6) is -0.343. The number of carbonyl (C=O) groups is 1. The van der Waals surface area contributed by atoms with Crippen LogP contribution >= 0.6 is 12.4 Å². The van der Waals surface area contributed by atoms with Gasteiger partial charge in [-0.25, -0.2) is 0 Å². The molecule has 2 unspecified atom stereocenters. The van der Waals surface area contributed by atoms with Crippen molar-refractivity contribution < 1.29 is 23.0 Å². The highest BCUT2D eigenvalue weighted by Crippen LogP contribution is 2.50. The minimum Gasteiger partial charge on any atom is -0.434 e. The van der Waals surface area contributed by atoms with Gasteiger partial charge in [0.15, 0.2) is 0 Å². The van der Waals surface area contributed by atoms with Gasteiger partial charge in [0.05, 0.1) is 6.10 Å². The van der Waals surface area contributed by atoms with Crippen molar-refractivity contribution in [2.24, 2.45) is 11.1 Å². The highest BCUT2D eigenvalue weighted by atomic mass is 35.5. The summed E-state index contributed by atoms with van der Waals surface area (Å²) in [5, 5.41) is 2.70. The van der Waals surface area contributed by atoms with Crippen LogP contribution in [-0.4, -0.2) is 30.8 Å². The zero-order chi connectivity index (χ0) is 18.1. The second-order valence-corrected chi connectivity index (χ2v) is 6.65. The first kappa shape index (κ1) is 21.6. The predicted octanol–water partition coefficient (Wildman–Crippen LogP) is 3.49. The molecule has 5 nitrogen and oxygen atoms in total. The van der Waals surface area contributed by atoms with Gasteiger partial charge < -0.3 is 20.5 Å². The molecule has 8 heteroatoms. The summed E-state index contributed by atoms with van der Waals surface area (Å²) in [6.45, 7) is 4.94. The number of aryl methyl sites for hydroxylation is 1. The molecule has 1 aromatic rings. The molecule has 2 rings (SSSR count). The van der Waals surface area contributed by atoms with Crippen LogP contribution in [0.3, 0.4) is 0 Å². The molecule has 0 spiro atoms. The normalized spacial score (nSPS) is 24.2. The van der Waals surface area contributed by atoms with Crippen LogP contribution in [-0.2, 0) is 9.53 Å². The van der Waals surface area contributed by atoms with Gasteiger partial charge in [0.2, 0.25) is 5.91 Å². The molecule has 0 radical (unpaired) electrons. The number of hydrogen-bond donors (Lipinski definition) is 2. The van der Waals surface area contributed by atoms with E-state index in [1.807, 2.05) is 20.8 Å². The fraction of sp³-hybridized carbons (Fsp3) is 0.588. The van der Waals surface area contributed by atoms with E-state index in [9.17, 15) is 13.6 Å². The number of carbonyl (C=O) groups excluding carboxylic acids is 1. The van der Waals surface area contributed by atoms with Gasteiger partial charge in [0.25, 0.3) is 0 Å². The molecular formula is C17H25ClF2N2O3. The Bertz CT molecular complexity index is 628. The van der Waals surface area contributed by atoms with Gasteiger partial charge in [-0.3, -0.25) is 4.79 Å². The van der Waals surface area contributed by atoms with Crippen molar-refractivity contribution in [1.82, 2.24) is 0 Å². The minimum absolute atomic E-state index is 0. The molecule has 25 heavy (non-hydrogen) atoms. The summed E-state index contributed by atoms with van der Waals surface area (Å²) in [6.07, 6.45) is 0.320. The Morgan fingerprint density at radius 3 is 2.60 bits per heavy atom. The zero-order valence-corrected chi connectivity index (χ0v) is 15.6. The van der Waals surface area contributed by atoms with E-state index in [1.54, 1.807) is 19.1 Å². The van der Waals surface area contributed by atoms with Crippen LogP contribution in [0, 0.1) is 12.3 Å². The van der Waals surface area contributed by atoms with Crippen molar-refractivity contribution in [1.29, 1.82) is 0 Å². The minimum atomic E-state index is -2.92. The Morgan fingerprint density at radius 2 is 2.08 bits per heavy atom. The highest BCUT2D eigenvalue weighted by Gasteiger charge is 2.62. The van der Waals surface area contributed by atoms with Crippen LogP contribution in [0.5, 0.6) is 5.75 Å². The van der Waals surface area contributed by atoms with E-state index in [1.165, 1.54) is 6.07 Å². The molecule has 142 valence electrons. The number of nitrogens with two attached hydrogens (primary N) is 1. The van der Waals surface area contributed by atoms with Crippen molar-refractivity contribution in [2.75, 3.05) is 11.9 Å². The molecule has 1 aliphatic carbocycles.